The molecule has 1 aromatic carbocycles. The second kappa shape index (κ2) is 8.62. The van der Waals surface area contributed by atoms with Crippen LogP contribution in [-0.2, 0) is 21.4 Å². The van der Waals surface area contributed by atoms with E-state index < -0.39 is 10.0 Å². The van der Waals surface area contributed by atoms with E-state index in [2.05, 4.69) is 5.32 Å². The maximum atomic E-state index is 12.3. The minimum absolute atomic E-state index is 0.0485. The molecule has 1 fully saturated rings. The molecule has 1 N–H and O–H groups in total. The number of hydrogen-bond donors (Lipinski definition) is 1. The first-order valence-electron chi connectivity index (χ1n) is 8.65. The zero-order chi connectivity index (χ0) is 17.6. The molecule has 6 heteroatoms. The molecule has 0 aliphatic heterocycles. The molecule has 0 heterocycles. The molecule has 0 saturated heterocycles. The SMILES string of the molecule is Cc1ccc(CNC(=O)CN(C2CCCCCC2)S(C)(=O)=O)cc1. The van der Waals surface area contributed by atoms with Crippen molar-refractivity contribution in [3.8, 4) is 0 Å². The highest BCUT2D eigenvalue weighted by molar-refractivity contribution is 7.88. The molecule has 1 saturated carbocycles. The fraction of sp³-hybridized carbons (Fsp3) is 0.611. The van der Waals surface area contributed by atoms with Crippen LogP contribution in [-0.4, -0.2) is 37.5 Å². The summed E-state index contributed by atoms with van der Waals surface area (Å²) in [7, 11) is -3.39. The molecule has 1 aliphatic carbocycles. The summed E-state index contributed by atoms with van der Waals surface area (Å²) in [5, 5.41) is 2.83. The fourth-order valence-electron chi connectivity index (χ4n) is 3.17. The maximum Gasteiger partial charge on any atom is 0.235 e. The topological polar surface area (TPSA) is 66.5 Å². The van der Waals surface area contributed by atoms with Crippen LogP contribution in [0.1, 0.15) is 49.7 Å². The first kappa shape index (κ1) is 18.9. The Morgan fingerprint density at radius 3 is 2.25 bits per heavy atom. The highest BCUT2D eigenvalue weighted by Gasteiger charge is 2.29. The fourth-order valence-corrected chi connectivity index (χ4v) is 4.27. The number of hydrogen-bond acceptors (Lipinski definition) is 3. The van der Waals surface area contributed by atoms with Crippen molar-refractivity contribution < 1.29 is 13.2 Å². The van der Waals surface area contributed by atoms with Crippen LogP contribution in [0.3, 0.4) is 0 Å². The van der Waals surface area contributed by atoms with Gasteiger partial charge in [-0.1, -0.05) is 55.5 Å². The second-order valence-corrected chi connectivity index (χ2v) is 8.65. The summed E-state index contributed by atoms with van der Waals surface area (Å²) in [5.41, 5.74) is 2.18. The quantitative estimate of drug-likeness (QED) is 0.800. The lowest BCUT2D eigenvalue weighted by Gasteiger charge is -2.28. The van der Waals surface area contributed by atoms with Gasteiger partial charge in [0.25, 0.3) is 0 Å². The summed E-state index contributed by atoms with van der Waals surface area (Å²) in [6, 6.07) is 7.88. The van der Waals surface area contributed by atoms with Crippen molar-refractivity contribution >= 4 is 15.9 Å². The van der Waals surface area contributed by atoms with Crippen molar-refractivity contribution in [3.63, 3.8) is 0 Å². The molecular formula is C18H28N2O3S. The molecule has 0 spiro atoms. The predicted octanol–water partition coefficient (Wildman–Crippen LogP) is 2.60. The lowest BCUT2D eigenvalue weighted by atomic mass is 10.1. The van der Waals surface area contributed by atoms with E-state index >= 15 is 0 Å². The van der Waals surface area contributed by atoms with Gasteiger partial charge in [-0.05, 0) is 25.3 Å². The highest BCUT2D eigenvalue weighted by atomic mass is 32.2. The van der Waals surface area contributed by atoms with Gasteiger partial charge in [0.2, 0.25) is 15.9 Å². The molecule has 0 radical (unpaired) electrons. The van der Waals surface area contributed by atoms with Crippen LogP contribution in [0.2, 0.25) is 0 Å². The van der Waals surface area contributed by atoms with Crippen molar-refractivity contribution in [2.75, 3.05) is 12.8 Å². The molecule has 24 heavy (non-hydrogen) atoms. The Labute approximate surface area is 145 Å². The van der Waals surface area contributed by atoms with E-state index in [9.17, 15) is 13.2 Å². The number of nitrogens with zero attached hydrogens (tertiary/aromatic N) is 1. The van der Waals surface area contributed by atoms with Gasteiger partial charge in [-0.15, -0.1) is 0 Å². The predicted molar refractivity (Wildman–Crippen MR) is 96.1 cm³/mol. The smallest absolute Gasteiger partial charge is 0.235 e. The first-order valence-corrected chi connectivity index (χ1v) is 10.5. The zero-order valence-corrected chi connectivity index (χ0v) is 15.4. The van der Waals surface area contributed by atoms with Gasteiger partial charge in [-0.25, -0.2) is 8.42 Å². The Kier molecular flexibility index (Phi) is 6.80. The van der Waals surface area contributed by atoms with Crippen molar-refractivity contribution in [2.24, 2.45) is 0 Å². The average molecular weight is 352 g/mol. The van der Waals surface area contributed by atoms with Gasteiger partial charge in [0.05, 0.1) is 12.8 Å². The average Bonchev–Trinajstić information content (AvgIpc) is 2.80. The third-order valence-electron chi connectivity index (χ3n) is 4.57. The molecule has 0 aromatic heterocycles. The van der Waals surface area contributed by atoms with Crippen LogP contribution in [0.4, 0.5) is 0 Å². The summed E-state index contributed by atoms with van der Waals surface area (Å²) in [4.78, 5) is 12.3. The molecular weight excluding hydrogens is 324 g/mol. The highest BCUT2D eigenvalue weighted by Crippen LogP contribution is 2.23. The molecule has 134 valence electrons. The Morgan fingerprint density at radius 2 is 1.71 bits per heavy atom. The Hall–Kier alpha value is -1.40. The van der Waals surface area contributed by atoms with Crippen LogP contribution in [0, 0.1) is 6.92 Å². The number of carbonyl (C=O) groups excluding carboxylic acids is 1. The van der Waals surface area contributed by atoms with Gasteiger partial charge in [-0.2, -0.15) is 4.31 Å². The van der Waals surface area contributed by atoms with E-state index in [1.54, 1.807) is 0 Å². The number of nitrogens with one attached hydrogen (secondary N) is 1. The van der Waals surface area contributed by atoms with Crippen molar-refractivity contribution in [1.82, 2.24) is 9.62 Å². The van der Waals surface area contributed by atoms with Crippen molar-refractivity contribution in [3.05, 3.63) is 35.4 Å². The number of benzene rings is 1. The van der Waals surface area contributed by atoms with Gasteiger partial charge in [0.15, 0.2) is 0 Å². The van der Waals surface area contributed by atoms with E-state index in [1.165, 1.54) is 16.1 Å². The maximum absolute atomic E-state index is 12.3. The molecule has 0 unspecified atom stereocenters. The van der Waals surface area contributed by atoms with Gasteiger partial charge in [-0.3, -0.25) is 4.79 Å². The van der Waals surface area contributed by atoms with Gasteiger partial charge < -0.3 is 5.32 Å². The Balaban J connectivity index is 1.95. The Bertz CT molecular complexity index is 633. The minimum Gasteiger partial charge on any atom is -0.351 e. The number of aryl methyl sites for hydroxylation is 1. The molecule has 1 aliphatic rings. The molecule has 1 aromatic rings. The number of amides is 1. The number of sulfonamides is 1. The molecule has 1 amide bonds. The van der Waals surface area contributed by atoms with Crippen LogP contribution in [0.25, 0.3) is 0 Å². The van der Waals surface area contributed by atoms with Crippen LogP contribution in [0.5, 0.6) is 0 Å². The summed E-state index contributed by atoms with van der Waals surface area (Å²) < 4.78 is 25.7. The van der Waals surface area contributed by atoms with Crippen LogP contribution >= 0.6 is 0 Å². The minimum atomic E-state index is -3.39. The third kappa shape index (κ3) is 5.91. The summed E-state index contributed by atoms with van der Waals surface area (Å²) >= 11 is 0. The zero-order valence-electron chi connectivity index (χ0n) is 14.6. The van der Waals surface area contributed by atoms with Crippen molar-refractivity contribution in [1.29, 1.82) is 0 Å². The van der Waals surface area contributed by atoms with Gasteiger partial charge in [0, 0.05) is 12.6 Å². The lowest BCUT2D eigenvalue weighted by molar-refractivity contribution is -0.121. The lowest BCUT2D eigenvalue weighted by Crippen LogP contribution is -2.45. The largest absolute Gasteiger partial charge is 0.351 e. The van der Waals surface area contributed by atoms with Crippen LogP contribution < -0.4 is 5.32 Å². The second-order valence-electron chi connectivity index (χ2n) is 6.72. The van der Waals surface area contributed by atoms with E-state index in [1.807, 2.05) is 31.2 Å². The van der Waals surface area contributed by atoms with E-state index in [0.29, 0.717) is 6.54 Å². The number of carbonyl (C=O) groups is 1. The third-order valence-corrected chi connectivity index (χ3v) is 5.85. The molecule has 0 bridgehead atoms. The van der Waals surface area contributed by atoms with Crippen molar-refractivity contribution in [2.45, 2.75) is 58.0 Å². The molecule has 5 nitrogen and oxygen atoms in total. The molecule has 0 atom stereocenters. The van der Waals surface area contributed by atoms with E-state index in [4.69, 9.17) is 0 Å². The summed E-state index contributed by atoms with van der Waals surface area (Å²) in [5.74, 6) is -0.245. The molecule has 2 rings (SSSR count). The summed E-state index contributed by atoms with van der Waals surface area (Å²) in [6.45, 7) is 2.34. The monoisotopic (exact) mass is 352 g/mol. The van der Waals surface area contributed by atoms with Gasteiger partial charge >= 0.3 is 0 Å². The Morgan fingerprint density at radius 1 is 1.12 bits per heavy atom. The standard InChI is InChI=1S/C18H28N2O3S/c1-15-9-11-16(12-10-15)13-19-18(21)14-20(24(2,22)23)17-7-5-3-4-6-8-17/h9-12,17H,3-8,13-14H2,1-2H3,(H,19,21). The first-order chi connectivity index (χ1) is 11.4. The van der Waals surface area contributed by atoms with Crippen LogP contribution in [0.15, 0.2) is 24.3 Å². The number of rotatable bonds is 6. The van der Waals surface area contributed by atoms with E-state index in [0.717, 1.165) is 44.1 Å². The normalized spacial score (nSPS) is 16.8. The van der Waals surface area contributed by atoms with E-state index in [-0.39, 0.29) is 18.5 Å². The van der Waals surface area contributed by atoms with Gasteiger partial charge in [0.1, 0.15) is 0 Å². The summed E-state index contributed by atoms with van der Waals surface area (Å²) in [6.07, 6.45) is 7.24.